The molecule has 0 aliphatic carbocycles. The number of aromatic nitrogens is 4. The highest BCUT2D eigenvalue weighted by Gasteiger charge is 2.57. The molecule has 13 nitrogen and oxygen atoms in total. The predicted molar refractivity (Wildman–Crippen MR) is 202 cm³/mol. The van der Waals surface area contributed by atoms with Crippen molar-refractivity contribution in [1.29, 1.82) is 0 Å². The van der Waals surface area contributed by atoms with E-state index in [4.69, 9.17) is 33.2 Å². The van der Waals surface area contributed by atoms with Gasteiger partial charge in [-0.15, -0.1) is 0 Å². The van der Waals surface area contributed by atoms with Crippen LogP contribution < -0.4 is 14.8 Å². The summed E-state index contributed by atoms with van der Waals surface area (Å²) in [7, 11) is 3.28. The van der Waals surface area contributed by atoms with Crippen molar-refractivity contribution in [3.05, 3.63) is 144 Å². The summed E-state index contributed by atoms with van der Waals surface area (Å²) in [6, 6.07) is 35.2. The van der Waals surface area contributed by atoms with Crippen LogP contribution in [0.5, 0.6) is 11.5 Å². The molecule has 0 radical (unpaired) electrons. The fourth-order valence-corrected chi connectivity index (χ4v) is 7.28. The van der Waals surface area contributed by atoms with E-state index in [0.717, 1.165) is 33.8 Å². The van der Waals surface area contributed by atoms with Gasteiger partial charge in [-0.05, 0) is 60.4 Å². The van der Waals surface area contributed by atoms with Crippen LogP contribution in [0.1, 0.15) is 42.3 Å². The number of hydrogen-bond donors (Lipinski definition) is 1. The highest BCUT2D eigenvalue weighted by molar-refractivity contribution is 5.93. The maximum atomic E-state index is 12.8. The number of ether oxygens (including phenoxy) is 7. The van der Waals surface area contributed by atoms with Gasteiger partial charge in [0.25, 0.3) is 0 Å². The van der Waals surface area contributed by atoms with Gasteiger partial charge in [-0.2, -0.15) is 0 Å². The van der Waals surface area contributed by atoms with E-state index in [2.05, 4.69) is 20.3 Å². The Balaban J connectivity index is 1.11. The summed E-state index contributed by atoms with van der Waals surface area (Å²) < 4.78 is 45.2. The first-order valence-electron chi connectivity index (χ1n) is 17.9. The topological polar surface area (TPSA) is 137 Å². The Morgan fingerprint density at radius 1 is 0.782 bits per heavy atom. The van der Waals surface area contributed by atoms with E-state index in [0.29, 0.717) is 11.2 Å². The summed E-state index contributed by atoms with van der Waals surface area (Å²) in [5.74, 6) is 0.746. The van der Waals surface area contributed by atoms with Gasteiger partial charge in [0, 0.05) is 0 Å². The molecule has 0 bridgehead atoms. The molecule has 2 aliphatic heterocycles. The van der Waals surface area contributed by atoms with E-state index >= 15 is 0 Å². The molecule has 2 fully saturated rings. The molecule has 55 heavy (non-hydrogen) atoms. The molecule has 282 valence electrons. The summed E-state index contributed by atoms with van der Waals surface area (Å²) in [6.45, 7) is 3.97. The van der Waals surface area contributed by atoms with Crippen LogP contribution >= 0.6 is 0 Å². The molecule has 2 aromatic heterocycles. The second-order valence-electron chi connectivity index (χ2n) is 13.7. The number of benzene rings is 4. The lowest BCUT2D eigenvalue weighted by atomic mass is 9.80. The normalized spacial score (nSPS) is 20.2. The van der Waals surface area contributed by atoms with Crippen LogP contribution in [-0.4, -0.2) is 70.5 Å². The van der Waals surface area contributed by atoms with Crippen molar-refractivity contribution >= 4 is 23.1 Å². The number of hydrogen-bond acceptors (Lipinski definition) is 11. The summed E-state index contributed by atoms with van der Waals surface area (Å²) in [4.78, 5) is 26.2. The number of fused-ring (bicyclic) bond motifs is 2. The first kappa shape index (κ1) is 36.1. The van der Waals surface area contributed by atoms with Crippen molar-refractivity contribution in [3.63, 3.8) is 0 Å². The fraction of sp³-hybridized carbons (Fsp3) is 0.286. The Kier molecular flexibility index (Phi) is 9.93. The van der Waals surface area contributed by atoms with Gasteiger partial charge in [-0.1, -0.05) is 84.9 Å². The van der Waals surface area contributed by atoms with Gasteiger partial charge >= 0.3 is 6.09 Å². The standard InChI is InChI=1S/C42H41N5O8/c1-41(2)54-35-33(24-52-42(28-13-9-6-10-14-28,29-15-19-31(49-3)20-16-29)30-17-21-32(50-4)22-18-30)53-39(36(35)55-41)47-26-45-34-37(43-25-44-38(34)47)46-40(48)51-23-27-11-7-5-8-12-27/h5-22,25-26,33,35-36,39H,23-24H2,1-4H3,(H,43,44,46,48)/t33-,35-,36-,39-/m1/s1. The third kappa shape index (κ3) is 7.10. The molecule has 0 saturated carbocycles. The van der Waals surface area contributed by atoms with Crippen LogP contribution in [-0.2, 0) is 35.9 Å². The zero-order valence-corrected chi connectivity index (χ0v) is 30.8. The van der Waals surface area contributed by atoms with Crippen LogP contribution in [0, 0.1) is 0 Å². The average molecular weight is 744 g/mol. The monoisotopic (exact) mass is 743 g/mol. The molecule has 13 heteroatoms. The van der Waals surface area contributed by atoms with Gasteiger partial charge in [0.05, 0.1) is 27.2 Å². The minimum atomic E-state index is -1.07. The van der Waals surface area contributed by atoms with Crippen molar-refractivity contribution in [2.75, 3.05) is 26.1 Å². The number of amides is 1. The van der Waals surface area contributed by atoms with E-state index in [1.54, 1.807) is 25.1 Å². The van der Waals surface area contributed by atoms with Crippen LogP contribution in [0.3, 0.4) is 0 Å². The van der Waals surface area contributed by atoms with Crippen molar-refractivity contribution in [3.8, 4) is 11.5 Å². The summed E-state index contributed by atoms with van der Waals surface area (Å²) in [6.07, 6.45) is -0.0528. The van der Waals surface area contributed by atoms with Crippen molar-refractivity contribution in [2.45, 2.75) is 56.4 Å². The molecular weight excluding hydrogens is 702 g/mol. The smallest absolute Gasteiger partial charge is 0.413 e. The van der Waals surface area contributed by atoms with Gasteiger partial charge in [0.1, 0.15) is 48.3 Å². The molecule has 0 spiro atoms. The minimum absolute atomic E-state index is 0.105. The maximum Gasteiger partial charge on any atom is 0.413 e. The Bertz CT molecular complexity index is 2190. The number of carbonyl (C=O) groups excluding carboxylic acids is 1. The number of imidazole rings is 1. The molecule has 4 aromatic carbocycles. The lowest BCUT2D eigenvalue weighted by Crippen LogP contribution is -2.39. The second-order valence-corrected chi connectivity index (χ2v) is 13.7. The van der Waals surface area contributed by atoms with Crippen LogP contribution in [0.2, 0.25) is 0 Å². The summed E-state index contributed by atoms with van der Waals surface area (Å²) in [5, 5.41) is 2.70. The fourth-order valence-electron chi connectivity index (χ4n) is 7.28. The second kappa shape index (κ2) is 15.1. The van der Waals surface area contributed by atoms with Gasteiger partial charge in [0.15, 0.2) is 29.0 Å². The lowest BCUT2D eigenvalue weighted by molar-refractivity contribution is -0.204. The van der Waals surface area contributed by atoms with Crippen molar-refractivity contribution < 1.29 is 38.0 Å². The highest BCUT2D eigenvalue weighted by Crippen LogP contribution is 2.47. The first-order valence-corrected chi connectivity index (χ1v) is 17.9. The largest absolute Gasteiger partial charge is 0.497 e. The van der Waals surface area contributed by atoms with Crippen LogP contribution in [0.4, 0.5) is 10.6 Å². The van der Waals surface area contributed by atoms with Crippen LogP contribution in [0.25, 0.3) is 11.2 Å². The van der Waals surface area contributed by atoms with E-state index in [1.807, 2.05) is 123 Å². The van der Waals surface area contributed by atoms with Gasteiger partial charge in [-0.3, -0.25) is 9.88 Å². The SMILES string of the molecule is COc1ccc(C(OC[C@H]2O[C@@H](n3cnc4c(NC(=O)OCc5ccccc5)ncnc43)[C@@H]3OC(C)(C)O[C@@H]32)(c2ccccc2)c2ccc(OC)cc2)cc1. The molecular formula is C42H41N5O8. The quantitative estimate of drug-likeness (QED) is 0.130. The molecule has 0 unspecified atom stereocenters. The number of anilines is 1. The zero-order chi connectivity index (χ0) is 38.0. The Hall–Kier alpha value is -5.86. The van der Waals surface area contributed by atoms with Gasteiger partial charge in [-0.25, -0.2) is 19.7 Å². The zero-order valence-electron chi connectivity index (χ0n) is 30.8. The Morgan fingerprint density at radius 3 is 2.02 bits per heavy atom. The first-order chi connectivity index (χ1) is 26.8. The molecule has 4 heterocycles. The molecule has 1 N–H and O–H groups in total. The average Bonchev–Trinajstić information content (AvgIpc) is 3.89. The van der Waals surface area contributed by atoms with Gasteiger partial charge in [0.2, 0.25) is 0 Å². The molecule has 8 rings (SSSR count). The molecule has 6 aromatic rings. The number of methoxy groups -OCH3 is 2. The minimum Gasteiger partial charge on any atom is -0.497 e. The van der Waals surface area contributed by atoms with E-state index in [9.17, 15) is 4.79 Å². The van der Waals surface area contributed by atoms with Gasteiger partial charge < -0.3 is 33.2 Å². The summed E-state index contributed by atoms with van der Waals surface area (Å²) in [5.41, 5.74) is 3.27. The van der Waals surface area contributed by atoms with E-state index in [-0.39, 0.29) is 19.0 Å². The van der Waals surface area contributed by atoms with Crippen molar-refractivity contribution in [1.82, 2.24) is 19.5 Å². The number of nitrogens with one attached hydrogen (secondary N) is 1. The van der Waals surface area contributed by atoms with E-state index in [1.165, 1.54) is 6.33 Å². The predicted octanol–water partition coefficient (Wildman–Crippen LogP) is 7.02. The number of carbonyl (C=O) groups is 1. The molecule has 2 aliphatic rings. The Morgan fingerprint density at radius 2 is 1.38 bits per heavy atom. The van der Waals surface area contributed by atoms with Crippen LogP contribution in [0.15, 0.2) is 122 Å². The lowest BCUT2D eigenvalue weighted by Gasteiger charge is -2.37. The molecule has 4 atom stereocenters. The Labute approximate surface area is 318 Å². The number of rotatable bonds is 12. The van der Waals surface area contributed by atoms with E-state index < -0.39 is 42.0 Å². The number of nitrogens with zero attached hydrogens (tertiary/aromatic N) is 4. The highest BCUT2D eigenvalue weighted by atomic mass is 16.8. The molecule has 1 amide bonds. The summed E-state index contributed by atoms with van der Waals surface area (Å²) >= 11 is 0. The third-order valence-corrected chi connectivity index (χ3v) is 9.83. The molecule has 2 saturated heterocycles. The maximum absolute atomic E-state index is 12.8. The third-order valence-electron chi connectivity index (χ3n) is 9.83. The van der Waals surface area contributed by atoms with Crippen molar-refractivity contribution in [2.24, 2.45) is 0 Å².